The third-order valence-corrected chi connectivity index (χ3v) is 3.15. The monoisotopic (exact) mass is 224 g/mol. The maximum Gasteiger partial charge on any atom is 0.243 e. The molecule has 0 aliphatic carbocycles. The maximum absolute atomic E-state index is 11.3. The number of hydrogen-bond acceptors (Lipinski definition) is 2. The molecule has 1 fully saturated rings. The van der Waals surface area contributed by atoms with Crippen molar-refractivity contribution in [2.45, 2.75) is 51.6 Å². The average molecular weight is 224 g/mol. The van der Waals surface area contributed by atoms with Crippen molar-refractivity contribution in [1.82, 2.24) is 10.2 Å². The fourth-order valence-electron chi connectivity index (χ4n) is 2.13. The Kier molecular flexibility index (Phi) is 4.54. The lowest BCUT2D eigenvalue weighted by molar-refractivity contribution is -0.117. The molecule has 92 valence electrons. The number of likely N-dealkylation sites (tertiary alicyclic amines) is 1. The van der Waals surface area contributed by atoms with Crippen LogP contribution in [-0.2, 0) is 4.79 Å². The number of nitrogens with zero attached hydrogens (tertiary/aromatic N) is 1. The third kappa shape index (κ3) is 3.97. The van der Waals surface area contributed by atoms with E-state index in [9.17, 15) is 4.79 Å². The summed E-state index contributed by atoms with van der Waals surface area (Å²) in [7, 11) is 0. The molecule has 1 unspecified atom stereocenters. The average Bonchev–Trinajstić information content (AvgIpc) is 2.42. The summed E-state index contributed by atoms with van der Waals surface area (Å²) in [4.78, 5) is 13.8. The number of rotatable bonds is 2. The smallest absolute Gasteiger partial charge is 0.243 e. The number of carbonyl (C=O) groups excluding carboxylic acids is 1. The van der Waals surface area contributed by atoms with Crippen LogP contribution in [0.5, 0.6) is 0 Å². The van der Waals surface area contributed by atoms with Crippen LogP contribution in [0.1, 0.15) is 40.0 Å². The molecule has 1 atom stereocenters. The van der Waals surface area contributed by atoms with E-state index in [2.05, 4.69) is 37.6 Å². The Morgan fingerprint density at radius 2 is 2.12 bits per heavy atom. The van der Waals surface area contributed by atoms with Gasteiger partial charge < -0.3 is 5.32 Å². The van der Waals surface area contributed by atoms with Gasteiger partial charge in [-0.3, -0.25) is 9.69 Å². The topological polar surface area (TPSA) is 32.3 Å². The zero-order valence-corrected chi connectivity index (χ0v) is 10.8. The van der Waals surface area contributed by atoms with Gasteiger partial charge in [0, 0.05) is 18.1 Å². The Morgan fingerprint density at radius 1 is 1.44 bits per heavy atom. The van der Waals surface area contributed by atoms with Crippen LogP contribution < -0.4 is 5.32 Å². The van der Waals surface area contributed by atoms with Crippen LogP contribution >= 0.6 is 0 Å². The van der Waals surface area contributed by atoms with Crippen molar-refractivity contribution in [3.05, 3.63) is 12.7 Å². The van der Waals surface area contributed by atoms with Crippen molar-refractivity contribution in [2.75, 3.05) is 13.1 Å². The van der Waals surface area contributed by atoms with E-state index < -0.39 is 0 Å². The van der Waals surface area contributed by atoms with Crippen LogP contribution in [-0.4, -0.2) is 35.5 Å². The molecule has 0 saturated carbocycles. The molecule has 1 saturated heterocycles. The highest BCUT2D eigenvalue weighted by atomic mass is 16.1. The summed E-state index contributed by atoms with van der Waals surface area (Å²) in [5.74, 6) is -0.0549. The highest BCUT2D eigenvalue weighted by molar-refractivity contribution is 5.87. The Balaban J connectivity index is 2.58. The van der Waals surface area contributed by atoms with Gasteiger partial charge in [0.05, 0.1) is 0 Å². The molecule has 3 nitrogen and oxygen atoms in total. The second-order valence-electron chi connectivity index (χ2n) is 5.52. The van der Waals surface area contributed by atoms with Gasteiger partial charge in [-0.25, -0.2) is 0 Å². The van der Waals surface area contributed by atoms with Crippen LogP contribution in [0.2, 0.25) is 0 Å². The van der Waals surface area contributed by atoms with E-state index in [1.807, 2.05) is 0 Å². The Morgan fingerprint density at radius 3 is 2.69 bits per heavy atom. The van der Waals surface area contributed by atoms with Crippen molar-refractivity contribution in [3.63, 3.8) is 0 Å². The van der Waals surface area contributed by atoms with Crippen molar-refractivity contribution in [3.8, 4) is 0 Å². The summed E-state index contributed by atoms with van der Waals surface area (Å²) in [5, 5.41) is 3.01. The third-order valence-electron chi connectivity index (χ3n) is 3.15. The summed E-state index contributed by atoms with van der Waals surface area (Å²) < 4.78 is 0. The minimum Gasteiger partial charge on any atom is -0.349 e. The Labute approximate surface area is 98.9 Å². The summed E-state index contributed by atoms with van der Waals surface area (Å²) in [6.45, 7) is 12.2. The Bertz CT molecular complexity index is 255. The summed E-state index contributed by atoms with van der Waals surface area (Å²) in [6, 6.07) is 0.271. The zero-order valence-electron chi connectivity index (χ0n) is 10.8. The van der Waals surface area contributed by atoms with Gasteiger partial charge in [-0.1, -0.05) is 13.0 Å². The SMILES string of the molecule is C=CC(=O)NC1CCCCN(C(C)(C)C)C1. The molecular formula is C13H24N2O. The van der Waals surface area contributed by atoms with E-state index in [1.165, 1.54) is 18.9 Å². The minimum atomic E-state index is -0.0549. The van der Waals surface area contributed by atoms with Crippen molar-refractivity contribution in [1.29, 1.82) is 0 Å². The van der Waals surface area contributed by atoms with Gasteiger partial charge in [-0.05, 0) is 46.2 Å². The highest BCUT2D eigenvalue weighted by Crippen LogP contribution is 2.19. The lowest BCUT2D eigenvalue weighted by atomic mass is 10.1. The first kappa shape index (κ1) is 13.2. The molecular weight excluding hydrogens is 200 g/mol. The molecule has 0 radical (unpaired) electrons. The number of amides is 1. The molecule has 1 amide bonds. The quantitative estimate of drug-likeness (QED) is 0.727. The molecule has 1 heterocycles. The van der Waals surface area contributed by atoms with Gasteiger partial charge in [0.25, 0.3) is 0 Å². The second-order valence-corrected chi connectivity index (χ2v) is 5.52. The van der Waals surface area contributed by atoms with Crippen LogP contribution in [0.25, 0.3) is 0 Å². The van der Waals surface area contributed by atoms with Crippen LogP contribution in [0.4, 0.5) is 0 Å². The summed E-state index contributed by atoms with van der Waals surface area (Å²) in [5.41, 5.74) is 0.182. The number of nitrogens with one attached hydrogen (secondary N) is 1. The molecule has 1 aliphatic rings. The lowest BCUT2D eigenvalue weighted by Gasteiger charge is -2.36. The highest BCUT2D eigenvalue weighted by Gasteiger charge is 2.26. The fraction of sp³-hybridized carbons (Fsp3) is 0.769. The number of carbonyl (C=O) groups is 1. The molecule has 1 aliphatic heterocycles. The molecule has 0 aromatic carbocycles. The van der Waals surface area contributed by atoms with Crippen LogP contribution in [0.15, 0.2) is 12.7 Å². The molecule has 1 rings (SSSR count). The standard InChI is InChI=1S/C13H24N2O/c1-5-12(16)14-11-8-6-7-9-15(10-11)13(2,3)4/h5,11H,1,6-10H2,2-4H3,(H,14,16). The second kappa shape index (κ2) is 5.48. The lowest BCUT2D eigenvalue weighted by Crippen LogP contribution is -2.49. The molecule has 0 spiro atoms. The Hall–Kier alpha value is -0.830. The van der Waals surface area contributed by atoms with Gasteiger partial charge in [0.1, 0.15) is 0 Å². The first-order valence-electron chi connectivity index (χ1n) is 6.11. The predicted octanol–water partition coefficient (Wildman–Crippen LogP) is 1.94. The molecule has 0 bridgehead atoms. The first-order chi connectivity index (χ1) is 7.43. The fourth-order valence-corrected chi connectivity index (χ4v) is 2.13. The maximum atomic E-state index is 11.3. The van der Waals surface area contributed by atoms with Gasteiger partial charge in [0.15, 0.2) is 0 Å². The van der Waals surface area contributed by atoms with Crippen molar-refractivity contribution in [2.24, 2.45) is 0 Å². The molecule has 0 aromatic rings. The van der Waals surface area contributed by atoms with E-state index in [4.69, 9.17) is 0 Å². The molecule has 16 heavy (non-hydrogen) atoms. The molecule has 0 aromatic heterocycles. The minimum absolute atomic E-state index is 0.0549. The van der Waals surface area contributed by atoms with E-state index in [1.54, 1.807) is 0 Å². The predicted molar refractivity (Wildman–Crippen MR) is 67.3 cm³/mol. The molecule has 3 heteroatoms. The van der Waals surface area contributed by atoms with E-state index in [0.29, 0.717) is 0 Å². The van der Waals surface area contributed by atoms with Gasteiger partial charge in [-0.15, -0.1) is 0 Å². The zero-order chi connectivity index (χ0) is 12.2. The largest absolute Gasteiger partial charge is 0.349 e. The molecule has 1 N–H and O–H groups in total. The van der Waals surface area contributed by atoms with E-state index in [-0.39, 0.29) is 17.5 Å². The van der Waals surface area contributed by atoms with Gasteiger partial charge in [0.2, 0.25) is 5.91 Å². The normalized spacial score (nSPS) is 23.6. The van der Waals surface area contributed by atoms with E-state index >= 15 is 0 Å². The van der Waals surface area contributed by atoms with Crippen LogP contribution in [0, 0.1) is 0 Å². The number of hydrogen-bond donors (Lipinski definition) is 1. The summed E-state index contributed by atoms with van der Waals surface area (Å²) >= 11 is 0. The first-order valence-corrected chi connectivity index (χ1v) is 6.11. The van der Waals surface area contributed by atoms with Crippen molar-refractivity contribution >= 4 is 5.91 Å². The summed E-state index contributed by atoms with van der Waals surface area (Å²) in [6.07, 6.45) is 4.84. The van der Waals surface area contributed by atoms with Crippen LogP contribution in [0.3, 0.4) is 0 Å². The van der Waals surface area contributed by atoms with Gasteiger partial charge >= 0.3 is 0 Å². The van der Waals surface area contributed by atoms with Crippen molar-refractivity contribution < 1.29 is 4.79 Å². The van der Waals surface area contributed by atoms with Gasteiger partial charge in [-0.2, -0.15) is 0 Å². The van der Waals surface area contributed by atoms with E-state index in [0.717, 1.165) is 19.5 Å².